The van der Waals surface area contributed by atoms with E-state index in [0.717, 1.165) is 11.1 Å². The molecule has 2 N–H and O–H groups in total. The normalized spacial score (nSPS) is 11.7. The van der Waals surface area contributed by atoms with Crippen LogP contribution in [0, 0.1) is 0 Å². The summed E-state index contributed by atoms with van der Waals surface area (Å²) in [5, 5.41) is 7.40. The van der Waals surface area contributed by atoms with Gasteiger partial charge in [-0.2, -0.15) is 5.10 Å². The van der Waals surface area contributed by atoms with Crippen molar-refractivity contribution in [3.63, 3.8) is 0 Å². The Kier molecular flexibility index (Phi) is 7.79. The molecular formula is C24H22ClN3O3. The van der Waals surface area contributed by atoms with Crippen LogP contribution in [-0.4, -0.2) is 24.6 Å². The first-order valence-electron chi connectivity index (χ1n) is 9.67. The Balaban J connectivity index is 1.44. The zero-order valence-corrected chi connectivity index (χ0v) is 17.7. The van der Waals surface area contributed by atoms with Gasteiger partial charge in [0.2, 0.25) is 0 Å². The Labute approximate surface area is 185 Å². The highest BCUT2D eigenvalue weighted by Gasteiger charge is 2.09. The van der Waals surface area contributed by atoms with Crippen molar-refractivity contribution in [3.8, 4) is 5.75 Å². The topological polar surface area (TPSA) is 79.8 Å². The van der Waals surface area contributed by atoms with Gasteiger partial charge in [0, 0.05) is 10.6 Å². The molecular weight excluding hydrogens is 414 g/mol. The molecule has 0 bridgehead atoms. The number of rotatable bonds is 8. The second kappa shape index (κ2) is 10.9. The zero-order valence-electron chi connectivity index (χ0n) is 16.9. The van der Waals surface area contributed by atoms with E-state index < -0.39 is 0 Å². The first-order valence-corrected chi connectivity index (χ1v) is 10.1. The summed E-state index contributed by atoms with van der Waals surface area (Å²) in [5.74, 6) is 0.0281. The van der Waals surface area contributed by atoms with E-state index in [1.807, 2.05) is 37.3 Å². The van der Waals surface area contributed by atoms with Crippen LogP contribution in [0.5, 0.6) is 5.75 Å². The van der Waals surface area contributed by atoms with Crippen LogP contribution in [0.1, 0.15) is 34.5 Å². The molecule has 158 valence electrons. The molecule has 0 radical (unpaired) electrons. The predicted molar refractivity (Wildman–Crippen MR) is 121 cm³/mol. The van der Waals surface area contributed by atoms with E-state index in [-0.39, 0.29) is 24.5 Å². The number of nitrogens with one attached hydrogen (secondary N) is 2. The van der Waals surface area contributed by atoms with Crippen LogP contribution in [0.2, 0.25) is 5.02 Å². The van der Waals surface area contributed by atoms with Gasteiger partial charge in [0.1, 0.15) is 5.75 Å². The van der Waals surface area contributed by atoms with Gasteiger partial charge >= 0.3 is 0 Å². The molecule has 0 aliphatic heterocycles. The number of benzene rings is 3. The maximum Gasteiger partial charge on any atom is 0.271 e. The van der Waals surface area contributed by atoms with Crippen LogP contribution in [0.25, 0.3) is 0 Å². The second-order valence-electron chi connectivity index (χ2n) is 6.76. The van der Waals surface area contributed by atoms with Crippen molar-refractivity contribution in [1.82, 2.24) is 10.7 Å². The fraction of sp³-hybridized carbons (Fsp3) is 0.125. The van der Waals surface area contributed by atoms with Gasteiger partial charge < -0.3 is 10.1 Å². The number of hydrazone groups is 1. The Bertz CT molecular complexity index is 1040. The molecule has 0 aliphatic carbocycles. The Morgan fingerprint density at radius 1 is 1.00 bits per heavy atom. The van der Waals surface area contributed by atoms with Crippen molar-refractivity contribution in [2.24, 2.45) is 5.10 Å². The van der Waals surface area contributed by atoms with E-state index in [0.29, 0.717) is 16.3 Å². The fourth-order valence-electron chi connectivity index (χ4n) is 2.74. The number of amides is 2. The van der Waals surface area contributed by atoms with Gasteiger partial charge in [-0.25, -0.2) is 5.43 Å². The van der Waals surface area contributed by atoms with Crippen molar-refractivity contribution in [2.45, 2.75) is 13.0 Å². The first-order chi connectivity index (χ1) is 15.0. The summed E-state index contributed by atoms with van der Waals surface area (Å²) in [4.78, 5) is 24.1. The lowest BCUT2D eigenvalue weighted by Crippen LogP contribution is -2.31. The number of halogens is 1. The third-order valence-electron chi connectivity index (χ3n) is 4.41. The van der Waals surface area contributed by atoms with Gasteiger partial charge in [-0.15, -0.1) is 0 Å². The molecule has 0 saturated carbocycles. The largest absolute Gasteiger partial charge is 0.484 e. The Hall–Kier alpha value is -3.64. The summed E-state index contributed by atoms with van der Waals surface area (Å²) in [6.45, 7) is 1.84. The lowest BCUT2D eigenvalue weighted by molar-refractivity contribution is -0.123. The number of hydrogen-bond donors (Lipinski definition) is 2. The molecule has 6 nitrogen and oxygen atoms in total. The molecule has 0 spiro atoms. The van der Waals surface area contributed by atoms with Crippen molar-refractivity contribution >= 4 is 29.6 Å². The number of carbonyl (C=O) groups is 2. The first kappa shape index (κ1) is 22.1. The maximum atomic E-state index is 12.1. The van der Waals surface area contributed by atoms with E-state index in [2.05, 4.69) is 15.8 Å². The van der Waals surface area contributed by atoms with E-state index >= 15 is 0 Å². The summed E-state index contributed by atoms with van der Waals surface area (Å²) < 4.78 is 5.53. The highest BCUT2D eigenvalue weighted by atomic mass is 35.5. The standard InChI is InChI=1S/C24H22ClN3O3/c1-17(19-5-3-2-4-6-19)27-23(29)16-31-22-13-7-18(8-14-22)15-26-28-24(30)20-9-11-21(25)12-10-20/h2-15,17H,16H2,1H3,(H,27,29)(H,28,30)/b26-15+/t17-/m0/s1. The molecule has 3 rings (SSSR count). The fourth-order valence-corrected chi connectivity index (χ4v) is 2.86. The molecule has 3 aromatic carbocycles. The summed E-state index contributed by atoms with van der Waals surface area (Å²) >= 11 is 5.81. The molecule has 3 aromatic rings. The van der Waals surface area contributed by atoms with Crippen molar-refractivity contribution in [1.29, 1.82) is 0 Å². The zero-order chi connectivity index (χ0) is 22.1. The van der Waals surface area contributed by atoms with E-state index in [1.54, 1.807) is 48.5 Å². The van der Waals surface area contributed by atoms with Gasteiger partial charge in [0.05, 0.1) is 12.3 Å². The Morgan fingerprint density at radius 3 is 2.35 bits per heavy atom. The molecule has 2 amide bonds. The van der Waals surface area contributed by atoms with Crippen LogP contribution in [0.15, 0.2) is 84.0 Å². The molecule has 7 heteroatoms. The third kappa shape index (κ3) is 6.97. The molecule has 0 fully saturated rings. The molecule has 0 aromatic heterocycles. The van der Waals surface area contributed by atoms with Crippen LogP contribution in [0.3, 0.4) is 0 Å². The van der Waals surface area contributed by atoms with Gasteiger partial charge in [0.15, 0.2) is 6.61 Å². The van der Waals surface area contributed by atoms with E-state index in [1.165, 1.54) is 6.21 Å². The molecule has 0 aliphatic rings. The monoisotopic (exact) mass is 435 g/mol. The van der Waals surface area contributed by atoms with Gasteiger partial charge in [-0.3, -0.25) is 9.59 Å². The highest BCUT2D eigenvalue weighted by molar-refractivity contribution is 6.30. The minimum Gasteiger partial charge on any atom is -0.484 e. The average Bonchev–Trinajstić information content (AvgIpc) is 2.79. The minimum absolute atomic E-state index is 0.0816. The molecule has 0 saturated heterocycles. The molecule has 0 heterocycles. The smallest absolute Gasteiger partial charge is 0.271 e. The van der Waals surface area contributed by atoms with Crippen molar-refractivity contribution < 1.29 is 14.3 Å². The number of ether oxygens (including phenoxy) is 1. The Morgan fingerprint density at radius 2 is 1.68 bits per heavy atom. The molecule has 1 atom stereocenters. The average molecular weight is 436 g/mol. The predicted octanol–water partition coefficient (Wildman–Crippen LogP) is 4.36. The third-order valence-corrected chi connectivity index (χ3v) is 4.67. The molecule has 31 heavy (non-hydrogen) atoms. The quantitative estimate of drug-likeness (QED) is 0.407. The SMILES string of the molecule is C[C@H](NC(=O)COc1ccc(/C=N/NC(=O)c2ccc(Cl)cc2)cc1)c1ccccc1. The van der Waals surface area contributed by atoms with E-state index in [4.69, 9.17) is 16.3 Å². The van der Waals surface area contributed by atoms with Crippen LogP contribution in [0.4, 0.5) is 0 Å². The second-order valence-corrected chi connectivity index (χ2v) is 7.20. The van der Waals surface area contributed by atoms with Gasteiger partial charge in [0.25, 0.3) is 11.8 Å². The molecule has 0 unspecified atom stereocenters. The maximum absolute atomic E-state index is 12.1. The van der Waals surface area contributed by atoms with E-state index in [9.17, 15) is 9.59 Å². The van der Waals surface area contributed by atoms with Crippen LogP contribution in [-0.2, 0) is 4.79 Å². The van der Waals surface area contributed by atoms with Crippen molar-refractivity contribution in [3.05, 3.63) is 101 Å². The number of carbonyl (C=O) groups excluding carboxylic acids is 2. The van der Waals surface area contributed by atoms with Crippen molar-refractivity contribution in [2.75, 3.05) is 6.61 Å². The number of hydrogen-bond acceptors (Lipinski definition) is 4. The van der Waals surface area contributed by atoms with Crippen LogP contribution >= 0.6 is 11.6 Å². The van der Waals surface area contributed by atoms with Crippen LogP contribution < -0.4 is 15.5 Å². The summed E-state index contributed by atoms with van der Waals surface area (Å²) in [6.07, 6.45) is 1.52. The highest BCUT2D eigenvalue weighted by Crippen LogP contribution is 2.13. The van der Waals surface area contributed by atoms with Gasteiger partial charge in [-0.1, -0.05) is 41.9 Å². The lowest BCUT2D eigenvalue weighted by Gasteiger charge is -2.14. The summed E-state index contributed by atoms with van der Waals surface area (Å²) in [5.41, 5.74) is 4.72. The lowest BCUT2D eigenvalue weighted by atomic mass is 10.1. The number of nitrogens with zero attached hydrogens (tertiary/aromatic N) is 1. The minimum atomic E-state index is -0.330. The van der Waals surface area contributed by atoms with Gasteiger partial charge in [-0.05, 0) is 66.6 Å². The summed E-state index contributed by atoms with van der Waals surface area (Å²) in [6, 6.07) is 23.2. The summed E-state index contributed by atoms with van der Waals surface area (Å²) in [7, 11) is 0.